The normalized spacial score (nSPS) is 14.1. The van der Waals surface area contributed by atoms with Gasteiger partial charge in [0.05, 0.1) is 5.56 Å². The Bertz CT molecular complexity index is 915. The molecular weight excluding hydrogens is 427 g/mol. The average Bonchev–Trinajstić information content (AvgIpc) is 2.78. The molecule has 2 heterocycles. The second kappa shape index (κ2) is 7.17. The van der Waals surface area contributed by atoms with Gasteiger partial charge in [0.2, 0.25) is 5.78 Å². The topological polar surface area (TPSA) is 43.3 Å². The number of rotatable bonds is 4. The van der Waals surface area contributed by atoms with Crippen LogP contribution in [-0.2, 0) is 13.0 Å². The van der Waals surface area contributed by atoms with Crippen LogP contribution in [0.2, 0.25) is 0 Å². The fourth-order valence-corrected chi connectivity index (χ4v) is 3.82. The molecule has 1 aliphatic heterocycles. The Kier molecular flexibility index (Phi) is 4.76. The summed E-state index contributed by atoms with van der Waals surface area (Å²) in [7, 11) is 0. The van der Waals surface area contributed by atoms with Crippen molar-refractivity contribution in [1.82, 2.24) is 9.88 Å². The molecule has 0 radical (unpaired) electrons. The van der Waals surface area contributed by atoms with Crippen molar-refractivity contribution in [1.29, 1.82) is 0 Å². The molecule has 5 heteroatoms. The molecule has 0 amide bonds. The van der Waals surface area contributed by atoms with Crippen LogP contribution in [0.3, 0.4) is 0 Å². The van der Waals surface area contributed by atoms with E-state index < -0.39 is 0 Å². The molecule has 4 nitrogen and oxygen atoms in total. The van der Waals surface area contributed by atoms with Gasteiger partial charge in [-0.25, -0.2) is 0 Å². The molecule has 25 heavy (non-hydrogen) atoms. The van der Waals surface area contributed by atoms with Gasteiger partial charge >= 0.3 is 0 Å². The molecule has 1 N–H and O–H groups in total. The van der Waals surface area contributed by atoms with Crippen LogP contribution in [0.4, 0.5) is 0 Å². The summed E-state index contributed by atoms with van der Waals surface area (Å²) < 4.78 is 9.17. The van der Waals surface area contributed by atoms with E-state index in [1.165, 1.54) is 0 Å². The van der Waals surface area contributed by atoms with E-state index >= 15 is 0 Å². The van der Waals surface area contributed by atoms with Gasteiger partial charge < -0.3 is 14.6 Å². The minimum absolute atomic E-state index is 0.0467. The summed E-state index contributed by atoms with van der Waals surface area (Å²) in [5, 5.41) is 4.45. The Morgan fingerprint density at radius 1 is 1.12 bits per heavy atom. The van der Waals surface area contributed by atoms with Crippen molar-refractivity contribution in [3.05, 3.63) is 63.4 Å². The van der Waals surface area contributed by atoms with E-state index in [0.717, 1.165) is 57.5 Å². The number of halogens is 1. The highest BCUT2D eigenvalue weighted by molar-refractivity contribution is 14.1. The number of fused-ring (bicyclic) bond motifs is 3. The molecule has 0 saturated carbocycles. The van der Waals surface area contributed by atoms with E-state index in [9.17, 15) is 4.79 Å². The molecule has 0 fully saturated rings. The van der Waals surface area contributed by atoms with E-state index in [-0.39, 0.29) is 12.4 Å². The number of ether oxygens (including phenoxy) is 1. The molecule has 1 aliphatic rings. The number of aromatic nitrogens is 1. The van der Waals surface area contributed by atoms with Crippen LogP contribution >= 0.6 is 22.6 Å². The van der Waals surface area contributed by atoms with Gasteiger partial charge in [-0.1, -0.05) is 18.2 Å². The Morgan fingerprint density at radius 2 is 1.92 bits per heavy atom. The summed E-state index contributed by atoms with van der Waals surface area (Å²) in [4.78, 5) is 13.0. The number of nitrogens with zero attached hydrogens (tertiary/aromatic N) is 1. The molecule has 0 unspecified atom stereocenters. The lowest BCUT2D eigenvalue weighted by atomic mass is 10.1. The second-order valence-electron chi connectivity index (χ2n) is 6.16. The van der Waals surface area contributed by atoms with E-state index in [2.05, 4.69) is 38.5 Å². The number of ketones is 1. The molecule has 3 aromatic rings. The molecule has 2 aromatic carbocycles. The van der Waals surface area contributed by atoms with Gasteiger partial charge in [-0.05, 0) is 52.9 Å². The molecule has 0 saturated heterocycles. The summed E-state index contributed by atoms with van der Waals surface area (Å²) in [6, 6.07) is 15.9. The van der Waals surface area contributed by atoms with Crippen LogP contribution in [0.25, 0.3) is 10.9 Å². The van der Waals surface area contributed by atoms with Crippen LogP contribution in [0.15, 0.2) is 48.5 Å². The SMILES string of the molecule is O=C(COc1ccc(I)cc1)c1c2n(c3ccccc13)CCNCC2. The fraction of sp³-hybridized carbons (Fsp3) is 0.250. The van der Waals surface area contributed by atoms with Gasteiger partial charge in [-0.15, -0.1) is 0 Å². The third kappa shape index (κ3) is 3.30. The zero-order valence-electron chi connectivity index (χ0n) is 13.8. The zero-order chi connectivity index (χ0) is 17.2. The van der Waals surface area contributed by atoms with E-state index in [1.807, 2.05) is 42.5 Å². The number of Topliss-reactive ketones (excluding diaryl/α,β-unsaturated/α-hetero) is 1. The van der Waals surface area contributed by atoms with Crippen molar-refractivity contribution in [3.63, 3.8) is 0 Å². The lowest BCUT2D eigenvalue weighted by molar-refractivity contribution is 0.0922. The first kappa shape index (κ1) is 16.6. The molecule has 0 spiro atoms. The van der Waals surface area contributed by atoms with Crippen molar-refractivity contribution in [2.75, 3.05) is 19.7 Å². The van der Waals surface area contributed by atoms with Crippen molar-refractivity contribution in [2.45, 2.75) is 13.0 Å². The van der Waals surface area contributed by atoms with Gasteiger partial charge in [-0.2, -0.15) is 0 Å². The maximum atomic E-state index is 13.0. The minimum atomic E-state index is 0.0467. The predicted octanol–water partition coefficient (Wildman–Crippen LogP) is 3.65. The Hall–Kier alpha value is -1.86. The summed E-state index contributed by atoms with van der Waals surface area (Å²) in [6.45, 7) is 2.78. The third-order valence-corrected chi connectivity index (χ3v) is 5.31. The van der Waals surface area contributed by atoms with E-state index in [1.54, 1.807) is 0 Å². The van der Waals surface area contributed by atoms with Gasteiger partial charge in [-0.3, -0.25) is 4.79 Å². The summed E-state index contributed by atoms with van der Waals surface area (Å²) in [5.41, 5.74) is 3.09. The molecule has 4 rings (SSSR count). The molecule has 128 valence electrons. The lowest BCUT2D eigenvalue weighted by Gasteiger charge is -2.08. The highest BCUT2D eigenvalue weighted by atomic mass is 127. The first-order valence-corrected chi connectivity index (χ1v) is 9.54. The Morgan fingerprint density at radius 3 is 2.76 bits per heavy atom. The summed E-state index contributed by atoms with van der Waals surface area (Å²) in [6.07, 6.45) is 0.860. The molecule has 0 bridgehead atoms. The molecule has 0 aliphatic carbocycles. The van der Waals surface area contributed by atoms with Gasteiger partial charge in [0, 0.05) is 46.2 Å². The minimum Gasteiger partial charge on any atom is -0.485 e. The number of benzene rings is 2. The largest absolute Gasteiger partial charge is 0.485 e. The van der Waals surface area contributed by atoms with Crippen molar-refractivity contribution in [3.8, 4) is 5.75 Å². The first-order valence-electron chi connectivity index (χ1n) is 8.46. The third-order valence-electron chi connectivity index (χ3n) is 4.59. The highest BCUT2D eigenvalue weighted by Gasteiger charge is 2.23. The van der Waals surface area contributed by atoms with Crippen LogP contribution in [-0.4, -0.2) is 30.0 Å². The second-order valence-corrected chi connectivity index (χ2v) is 7.40. The van der Waals surface area contributed by atoms with E-state index in [0.29, 0.717) is 0 Å². The first-order chi connectivity index (χ1) is 12.2. The number of hydrogen-bond donors (Lipinski definition) is 1. The van der Waals surface area contributed by atoms with Crippen LogP contribution in [0.5, 0.6) is 5.75 Å². The Balaban J connectivity index is 1.66. The Labute approximate surface area is 160 Å². The molecule has 0 atom stereocenters. The van der Waals surface area contributed by atoms with Gasteiger partial charge in [0.15, 0.2) is 6.61 Å². The zero-order valence-corrected chi connectivity index (χ0v) is 16.0. The highest BCUT2D eigenvalue weighted by Crippen LogP contribution is 2.28. The van der Waals surface area contributed by atoms with Crippen LogP contribution < -0.4 is 10.1 Å². The lowest BCUT2D eigenvalue weighted by Crippen LogP contribution is -2.17. The maximum absolute atomic E-state index is 13.0. The number of para-hydroxylation sites is 1. The molecular formula is C20H19IN2O2. The van der Waals surface area contributed by atoms with Crippen LogP contribution in [0.1, 0.15) is 16.1 Å². The fourth-order valence-electron chi connectivity index (χ4n) is 3.46. The quantitative estimate of drug-likeness (QED) is 0.492. The van der Waals surface area contributed by atoms with Crippen LogP contribution in [0, 0.1) is 3.57 Å². The van der Waals surface area contributed by atoms with E-state index in [4.69, 9.17) is 4.74 Å². The van der Waals surface area contributed by atoms with Crippen molar-refractivity contribution in [2.24, 2.45) is 0 Å². The van der Waals surface area contributed by atoms with Gasteiger partial charge in [0.1, 0.15) is 5.75 Å². The average molecular weight is 446 g/mol. The van der Waals surface area contributed by atoms with Crippen molar-refractivity contribution < 1.29 is 9.53 Å². The summed E-state index contributed by atoms with van der Waals surface area (Å²) >= 11 is 2.25. The summed E-state index contributed by atoms with van der Waals surface area (Å²) in [5.74, 6) is 0.774. The predicted molar refractivity (Wildman–Crippen MR) is 107 cm³/mol. The maximum Gasteiger partial charge on any atom is 0.202 e. The monoisotopic (exact) mass is 446 g/mol. The van der Waals surface area contributed by atoms with Crippen molar-refractivity contribution >= 4 is 39.3 Å². The van der Waals surface area contributed by atoms with Gasteiger partial charge in [0.25, 0.3) is 0 Å². The number of hydrogen-bond acceptors (Lipinski definition) is 3. The number of carbonyl (C=O) groups excluding carboxylic acids is 1. The smallest absolute Gasteiger partial charge is 0.202 e. The standard InChI is InChI=1S/C20H19IN2O2/c21-14-5-7-15(8-6-14)25-13-19(24)20-16-3-1-2-4-17(16)23-12-11-22-10-9-18(20)23/h1-8,22H,9-13H2. The number of nitrogens with one attached hydrogen (secondary N) is 1. The molecule has 1 aromatic heterocycles. The number of carbonyl (C=O) groups is 1.